The van der Waals surface area contributed by atoms with Gasteiger partial charge < -0.3 is 28.1 Å². The van der Waals surface area contributed by atoms with Crippen molar-refractivity contribution in [2.45, 2.75) is 96.0 Å². The van der Waals surface area contributed by atoms with Gasteiger partial charge in [0, 0.05) is 0 Å². The molecule has 0 unspecified atom stereocenters. The smallest absolute Gasteiger partial charge is 0.192 e. The molecule has 250 valence electrons. The molecule has 0 aliphatic carbocycles. The van der Waals surface area contributed by atoms with Gasteiger partial charge in [0.2, 0.25) is 0 Å². The summed E-state index contributed by atoms with van der Waals surface area (Å²) in [6.45, 7) is 13.1. The van der Waals surface area contributed by atoms with Gasteiger partial charge in [-0.05, 0) is 40.4 Å². The van der Waals surface area contributed by atoms with Crippen molar-refractivity contribution in [3.63, 3.8) is 0 Å². The fraction of sp³-hybridized carbons (Fsp3) is 0.400. The van der Waals surface area contributed by atoms with E-state index in [1.807, 2.05) is 72.8 Å². The first-order valence-electron chi connectivity index (χ1n) is 16.6. The van der Waals surface area contributed by atoms with Gasteiger partial charge >= 0.3 is 0 Å². The number of ether oxygens (including phenoxy) is 5. The Kier molecular flexibility index (Phi) is 12.6. The Labute approximate surface area is 282 Å². The lowest BCUT2D eigenvalue weighted by Crippen LogP contribution is -2.62. The van der Waals surface area contributed by atoms with Gasteiger partial charge in [-0.1, -0.05) is 142 Å². The van der Waals surface area contributed by atoms with E-state index in [0.717, 1.165) is 22.3 Å². The highest BCUT2D eigenvalue weighted by atomic mass is 28.4. The third-order valence-corrected chi connectivity index (χ3v) is 13.6. The summed E-state index contributed by atoms with van der Waals surface area (Å²) in [5, 5.41) is 0.0375. The van der Waals surface area contributed by atoms with Crippen LogP contribution in [0.15, 0.2) is 121 Å². The molecule has 0 radical (unpaired) electrons. The Bertz CT molecular complexity index is 1450. The Morgan fingerprint density at radius 1 is 0.511 bits per heavy atom. The second kappa shape index (κ2) is 16.8. The van der Waals surface area contributed by atoms with Crippen molar-refractivity contribution in [2.24, 2.45) is 0 Å². The SMILES string of the molecule is CC(C)(C)[Si](C)(C)OC[C@H]1O[C@@H](OCc2ccccc2)[C@H](OCc2ccccc2)[C@@H](OCc2ccccc2)[C@@H]1OCc1ccccc1. The van der Waals surface area contributed by atoms with E-state index >= 15 is 0 Å². The summed E-state index contributed by atoms with van der Waals surface area (Å²) >= 11 is 0. The lowest BCUT2D eigenvalue weighted by atomic mass is 9.97. The van der Waals surface area contributed by atoms with Crippen LogP contribution in [0.2, 0.25) is 18.1 Å². The van der Waals surface area contributed by atoms with Crippen LogP contribution in [0, 0.1) is 0 Å². The molecule has 47 heavy (non-hydrogen) atoms. The van der Waals surface area contributed by atoms with Crippen molar-refractivity contribution in [3.8, 4) is 0 Å². The van der Waals surface area contributed by atoms with Gasteiger partial charge in [0.05, 0.1) is 33.0 Å². The normalized spacial score (nSPS) is 21.9. The maximum Gasteiger partial charge on any atom is 0.192 e. The predicted molar refractivity (Wildman–Crippen MR) is 188 cm³/mol. The Hall–Kier alpha value is -3.14. The molecule has 0 spiro atoms. The van der Waals surface area contributed by atoms with E-state index in [1.165, 1.54) is 0 Å². The summed E-state index contributed by atoms with van der Waals surface area (Å²) in [7, 11) is -2.12. The number of benzene rings is 4. The average Bonchev–Trinajstić information content (AvgIpc) is 3.09. The van der Waals surface area contributed by atoms with Crippen LogP contribution in [0.4, 0.5) is 0 Å². The summed E-state index contributed by atoms with van der Waals surface area (Å²) in [5.74, 6) is 0. The summed E-state index contributed by atoms with van der Waals surface area (Å²) in [5.41, 5.74) is 4.25. The first kappa shape index (κ1) is 35.2. The lowest BCUT2D eigenvalue weighted by molar-refractivity contribution is -0.328. The molecule has 5 rings (SSSR count). The van der Waals surface area contributed by atoms with Crippen LogP contribution < -0.4 is 0 Å². The summed E-state index contributed by atoms with van der Waals surface area (Å²) in [6, 6.07) is 40.7. The lowest BCUT2D eigenvalue weighted by Gasteiger charge is -2.47. The van der Waals surface area contributed by atoms with Crippen molar-refractivity contribution in [2.75, 3.05) is 6.61 Å². The van der Waals surface area contributed by atoms with Crippen molar-refractivity contribution >= 4 is 8.32 Å². The molecule has 6 nitrogen and oxygen atoms in total. The topological polar surface area (TPSA) is 55.4 Å². The summed E-state index contributed by atoms with van der Waals surface area (Å²) < 4.78 is 40.5. The molecule has 0 amide bonds. The van der Waals surface area contributed by atoms with E-state index < -0.39 is 39.0 Å². The quantitative estimate of drug-likeness (QED) is 0.120. The van der Waals surface area contributed by atoms with Crippen LogP contribution in [-0.4, -0.2) is 45.6 Å². The predicted octanol–water partition coefficient (Wildman–Crippen LogP) is 8.71. The molecule has 7 heteroatoms. The van der Waals surface area contributed by atoms with Gasteiger partial charge in [-0.3, -0.25) is 0 Å². The molecule has 0 saturated carbocycles. The van der Waals surface area contributed by atoms with Crippen LogP contribution in [0.25, 0.3) is 0 Å². The van der Waals surface area contributed by atoms with Gasteiger partial charge in [-0.25, -0.2) is 0 Å². The largest absolute Gasteiger partial charge is 0.414 e. The molecule has 1 saturated heterocycles. The molecular formula is C40H50O6Si. The zero-order valence-corrected chi connectivity index (χ0v) is 29.4. The molecule has 0 N–H and O–H groups in total. The molecule has 1 aliphatic heterocycles. The van der Waals surface area contributed by atoms with Crippen LogP contribution in [0.1, 0.15) is 43.0 Å². The first-order chi connectivity index (χ1) is 22.7. The van der Waals surface area contributed by atoms with Crippen LogP contribution >= 0.6 is 0 Å². The molecule has 4 aromatic carbocycles. The number of hydrogen-bond acceptors (Lipinski definition) is 6. The van der Waals surface area contributed by atoms with Crippen LogP contribution in [-0.2, 0) is 54.5 Å². The van der Waals surface area contributed by atoms with E-state index in [-0.39, 0.29) is 5.04 Å². The van der Waals surface area contributed by atoms with Crippen molar-refractivity contribution < 1.29 is 28.1 Å². The van der Waals surface area contributed by atoms with Crippen molar-refractivity contribution in [1.29, 1.82) is 0 Å². The molecule has 0 bridgehead atoms. The van der Waals surface area contributed by atoms with E-state index in [9.17, 15) is 0 Å². The molecule has 5 atom stereocenters. The van der Waals surface area contributed by atoms with Gasteiger partial charge in [0.1, 0.15) is 24.4 Å². The zero-order valence-electron chi connectivity index (χ0n) is 28.4. The minimum absolute atomic E-state index is 0.0375. The monoisotopic (exact) mass is 654 g/mol. The fourth-order valence-corrected chi connectivity index (χ4v) is 6.29. The van der Waals surface area contributed by atoms with E-state index in [4.69, 9.17) is 28.1 Å². The number of rotatable bonds is 15. The third-order valence-electron chi connectivity index (χ3n) is 9.12. The Morgan fingerprint density at radius 2 is 0.872 bits per heavy atom. The fourth-order valence-electron chi connectivity index (χ4n) is 5.27. The minimum Gasteiger partial charge on any atom is -0.414 e. The van der Waals surface area contributed by atoms with Gasteiger partial charge in [0.25, 0.3) is 0 Å². The molecule has 1 fully saturated rings. The van der Waals surface area contributed by atoms with E-state index in [0.29, 0.717) is 33.0 Å². The van der Waals surface area contributed by atoms with E-state index in [1.54, 1.807) is 0 Å². The standard InChI is InChI=1S/C40H50O6Si/c1-40(2,3)47(4,5)45-30-35-36(41-26-31-18-10-6-11-19-31)37(42-27-32-20-12-7-13-21-32)38(43-28-33-22-14-8-15-23-33)39(46-35)44-29-34-24-16-9-17-25-34/h6-25,35-39H,26-30H2,1-5H3/t35-,36-,37+,38-,39-/m1/s1. The zero-order chi connectivity index (χ0) is 33.1. The highest BCUT2D eigenvalue weighted by Crippen LogP contribution is 2.38. The molecule has 4 aromatic rings. The van der Waals surface area contributed by atoms with E-state index in [2.05, 4.69) is 82.4 Å². The maximum absolute atomic E-state index is 6.85. The Balaban J connectivity index is 1.48. The maximum atomic E-state index is 6.85. The summed E-state index contributed by atoms with van der Waals surface area (Å²) in [4.78, 5) is 0. The van der Waals surface area contributed by atoms with Crippen LogP contribution in [0.3, 0.4) is 0 Å². The third kappa shape index (κ3) is 10.2. The van der Waals surface area contributed by atoms with Gasteiger partial charge in [-0.2, -0.15) is 0 Å². The van der Waals surface area contributed by atoms with Gasteiger partial charge in [0.15, 0.2) is 14.6 Å². The Morgan fingerprint density at radius 3 is 1.28 bits per heavy atom. The number of hydrogen-bond donors (Lipinski definition) is 0. The highest BCUT2D eigenvalue weighted by Gasteiger charge is 2.50. The summed E-state index contributed by atoms with van der Waals surface area (Å²) in [6.07, 6.45) is -2.74. The average molecular weight is 655 g/mol. The van der Waals surface area contributed by atoms with Crippen molar-refractivity contribution in [1.82, 2.24) is 0 Å². The van der Waals surface area contributed by atoms with Gasteiger partial charge in [-0.15, -0.1) is 0 Å². The second-order valence-electron chi connectivity index (χ2n) is 13.7. The molecule has 1 heterocycles. The minimum atomic E-state index is -2.12. The molecule has 0 aromatic heterocycles. The van der Waals surface area contributed by atoms with Crippen LogP contribution in [0.5, 0.6) is 0 Å². The molecular weight excluding hydrogens is 605 g/mol. The highest BCUT2D eigenvalue weighted by molar-refractivity contribution is 6.74. The second-order valence-corrected chi connectivity index (χ2v) is 18.5. The van der Waals surface area contributed by atoms with Crippen molar-refractivity contribution in [3.05, 3.63) is 144 Å². The molecule has 1 aliphatic rings. The first-order valence-corrected chi connectivity index (χ1v) is 19.5.